The van der Waals surface area contributed by atoms with Crippen molar-refractivity contribution in [1.29, 1.82) is 0 Å². The topological polar surface area (TPSA) is 24.5 Å². The predicted molar refractivity (Wildman–Crippen MR) is 78.0 cm³/mol. The highest BCUT2D eigenvalue weighted by molar-refractivity contribution is 4.78. The van der Waals surface area contributed by atoms with Crippen LogP contribution in [0.3, 0.4) is 0 Å². The van der Waals surface area contributed by atoms with Crippen LogP contribution in [0.2, 0.25) is 0 Å². The van der Waals surface area contributed by atoms with Crippen LogP contribution in [0.5, 0.6) is 0 Å². The number of ether oxygens (including phenoxy) is 1. The molecule has 0 amide bonds. The maximum Gasteiger partial charge on any atom is 0.0518 e. The zero-order valence-corrected chi connectivity index (χ0v) is 12.7. The molecule has 3 nitrogen and oxygen atoms in total. The van der Waals surface area contributed by atoms with Crippen LogP contribution in [-0.4, -0.2) is 50.3 Å². The largest absolute Gasteiger partial charge is 0.379 e. The van der Waals surface area contributed by atoms with Gasteiger partial charge in [-0.2, -0.15) is 0 Å². The van der Waals surface area contributed by atoms with Crippen molar-refractivity contribution < 1.29 is 4.74 Å². The molecule has 1 heterocycles. The standard InChI is InChI=1S/C15H32N2O/c1-13(2)18-11-6-5-9-16-14(3)15-8-7-10-17(4)12-15/h13-16H,5-12H2,1-4H3. The minimum Gasteiger partial charge on any atom is -0.379 e. The summed E-state index contributed by atoms with van der Waals surface area (Å²) in [6, 6.07) is 0.652. The van der Waals surface area contributed by atoms with E-state index in [0.717, 1.165) is 19.1 Å². The maximum absolute atomic E-state index is 5.54. The number of rotatable bonds is 8. The van der Waals surface area contributed by atoms with Gasteiger partial charge in [0.1, 0.15) is 0 Å². The Balaban J connectivity index is 2.00. The van der Waals surface area contributed by atoms with Crippen LogP contribution in [0.1, 0.15) is 46.5 Å². The van der Waals surface area contributed by atoms with E-state index in [-0.39, 0.29) is 0 Å². The first-order valence-electron chi connectivity index (χ1n) is 7.63. The molecule has 0 radical (unpaired) electrons. The summed E-state index contributed by atoms with van der Waals surface area (Å²) in [7, 11) is 2.24. The van der Waals surface area contributed by atoms with Gasteiger partial charge in [-0.05, 0) is 72.5 Å². The summed E-state index contributed by atoms with van der Waals surface area (Å²) in [6.07, 6.45) is 5.50. The van der Waals surface area contributed by atoms with E-state index in [1.807, 2.05) is 0 Å². The normalized spacial score (nSPS) is 23.5. The summed E-state index contributed by atoms with van der Waals surface area (Å²) in [5.74, 6) is 0.829. The number of hydrogen-bond acceptors (Lipinski definition) is 3. The van der Waals surface area contributed by atoms with E-state index in [2.05, 4.69) is 38.0 Å². The lowest BCUT2D eigenvalue weighted by atomic mass is 9.92. The van der Waals surface area contributed by atoms with E-state index in [1.165, 1.54) is 38.8 Å². The van der Waals surface area contributed by atoms with Crippen molar-refractivity contribution in [3.05, 3.63) is 0 Å². The number of likely N-dealkylation sites (tertiary alicyclic amines) is 1. The SMILES string of the molecule is CC(C)OCCCCNC(C)C1CCCN(C)C1. The van der Waals surface area contributed by atoms with Gasteiger partial charge in [0.2, 0.25) is 0 Å². The minimum absolute atomic E-state index is 0.370. The van der Waals surface area contributed by atoms with Gasteiger partial charge in [0, 0.05) is 19.2 Å². The van der Waals surface area contributed by atoms with Crippen molar-refractivity contribution in [2.24, 2.45) is 5.92 Å². The molecule has 1 aliphatic rings. The zero-order chi connectivity index (χ0) is 13.4. The van der Waals surface area contributed by atoms with Crippen molar-refractivity contribution in [3.8, 4) is 0 Å². The first-order valence-corrected chi connectivity index (χ1v) is 7.63. The third-order valence-electron chi connectivity index (χ3n) is 3.86. The van der Waals surface area contributed by atoms with Crippen molar-refractivity contribution in [2.45, 2.75) is 58.6 Å². The van der Waals surface area contributed by atoms with Gasteiger partial charge in [0.05, 0.1) is 6.10 Å². The second kappa shape index (κ2) is 8.89. The number of piperidine rings is 1. The lowest BCUT2D eigenvalue weighted by Gasteiger charge is -2.34. The van der Waals surface area contributed by atoms with E-state index in [9.17, 15) is 0 Å². The second-order valence-corrected chi connectivity index (χ2v) is 6.03. The molecule has 0 spiro atoms. The molecule has 1 aliphatic heterocycles. The van der Waals surface area contributed by atoms with Gasteiger partial charge in [-0.1, -0.05) is 0 Å². The van der Waals surface area contributed by atoms with Gasteiger partial charge in [0.25, 0.3) is 0 Å². The average molecular weight is 256 g/mol. The van der Waals surface area contributed by atoms with E-state index in [1.54, 1.807) is 0 Å². The van der Waals surface area contributed by atoms with Crippen LogP contribution in [0, 0.1) is 5.92 Å². The summed E-state index contributed by atoms with van der Waals surface area (Å²) in [5, 5.41) is 3.68. The number of hydrogen-bond donors (Lipinski definition) is 1. The number of nitrogens with zero attached hydrogens (tertiary/aromatic N) is 1. The molecule has 1 fully saturated rings. The van der Waals surface area contributed by atoms with Crippen LogP contribution >= 0.6 is 0 Å². The molecule has 108 valence electrons. The molecule has 0 aromatic heterocycles. The molecular weight excluding hydrogens is 224 g/mol. The van der Waals surface area contributed by atoms with Gasteiger partial charge < -0.3 is 15.0 Å². The predicted octanol–water partition coefficient (Wildman–Crippen LogP) is 2.51. The average Bonchev–Trinajstić information content (AvgIpc) is 2.33. The number of nitrogens with one attached hydrogen (secondary N) is 1. The zero-order valence-electron chi connectivity index (χ0n) is 12.7. The monoisotopic (exact) mass is 256 g/mol. The van der Waals surface area contributed by atoms with Gasteiger partial charge >= 0.3 is 0 Å². The quantitative estimate of drug-likeness (QED) is 0.675. The Morgan fingerprint density at radius 1 is 1.28 bits per heavy atom. The first-order chi connectivity index (χ1) is 8.59. The highest BCUT2D eigenvalue weighted by atomic mass is 16.5. The smallest absolute Gasteiger partial charge is 0.0518 e. The first kappa shape index (κ1) is 15.9. The Kier molecular flexibility index (Phi) is 7.87. The van der Waals surface area contributed by atoms with Crippen LogP contribution < -0.4 is 5.32 Å². The molecule has 18 heavy (non-hydrogen) atoms. The van der Waals surface area contributed by atoms with Crippen LogP contribution in [0.25, 0.3) is 0 Å². The molecule has 1 N–H and O–H groups in total. The Labute approximate surface area is 113 Å². The summed E-state index contributed by atoms with van der Waals surface area (Å²) in [6.45, 7) is 11.1. The van der Waals surface area contributed by atoms with Gasteiger partial charge in [-0.3, -0.25) is 0 Å². The second-order valence-electron chi connectivity index (χ2n) is 6.03. The van der Waals surface area contributed by atoms with Gasteiger partial charge in [-0.25, -0.2) is 0 Å². The Morgan fingerprint density at radius 3 is 2.72 bits per heavy atom. The van der Waals surface area contributed by atoms with E-state index in [0.29, 0.717) is 12.1 Å². The van der Waals surface area contributed by atoms with Crippen molar-refractivity contribution in [1.82, 2.24) is 10.2 Å². The third kappa shape index (κ3) is 6.72. The van der Waals surface area contributed by atoms with Crippen LogP contribution in [-0.2, 0) is 4.74 Å². The van der Waals surface area contributed by atoms with E-state index in [4.69, 9.17) is 4.74 Å². The number of unbranched alkanes of at least 4 members (excludes halogenated alkanes) is 1. The molecule has 0 aliphatic carbocycles. The fourth-order valence-electron chi connectivity index (χ4n) is 2.66. The summed E-state index contributed by atoms with van der Waals surface area (Å²) < 4.78 is 5.54. The molecule has 0 aromatic carbocycles. The van der Waals surface area contributed by atoms with Gasteiger partial charge in [-0.15, -0.1) is 0 Å². The van der Waals surface area contributed by atoms with Gasteiger partial charge in [0.15, 0.2) is 0 Å². The van der Waals surface area contributed by atoms with Crippen LogP contribution in [0.4, 0.5) is 0 Å². The van der Waals surface area contributed by atoms with E-state index >= 15 is 0 Å². The van der Waals surface area contributed by atoms with Crippen LogP contribution in [0.15, 0.2) is 0 Å². The Morgan fingerprint density at radius 2 is 2.06 bits per heavy atom. The van der Waals surface area contributed by atoms with Crippen molar-refractivity contribution >= 4 is 0 Å². The summed E-state index contributed by atoms with van der Waals surface area (Å²) >= 11 is 0. The lowest BCUT2D eigenvalue weighted by Crippen LogP contribution is -2.43. The summed E-state index contributed by atoms with van der Waals surface area (Å²) in [4.78, 5) is 2.46. The fourth-order valence-corrected chi connectivity index (χ4v) is 2.66. The minimum atomic E-state index is 0.370. The molecular formula is C15H32N2O. The molecule has 0 saturated carbocycles. The fraction of sp³-hybridized carbons (Fsp3) is 1.00. The molecule has 1 saturated heterocycles. The molecule has 0 aromatic rings. The van der Waals surface area contributed by atoms with E-state index < -0.39 is 0 Å². The molecule has 0 bridgehead atoms. The Bertz CT molecular complexity index is 209. The molecule has 2 unspecified atom stereocenters. The maximum atomic E-state index is 5.54. The Hall–Kier alpha value is -0.120. The van der Waals surface area contributed by atoms with Crippen molar-refractivity contribution in [2.75, 3.05) is 33.3 Å². The third-order valence-corrected chi connectivity index (χ3v) is 3.86. The highest BCUT2D eigenvalue weighted by Gasteiger charge is 2.21. The molecule has 3 heteroatoms. The lowest BCUT2D eigenvalue weighted by molar-refractivity contribution is 0.0757. The highest BCUT2D eigenvalue weighted by Crippen LogP contribution is 2.18. The molecule has 1 rings (SSSR count). The van der Waals surface area contributed by atoms with Crippen molar-refractivity contribution in [3.63, 3.8) is 0 Å². The summed E-state index contributed by atoms with van der Waals surface area (Å²) in [5.41, 5.74) is 0. The molecule has 2 atom stereocenters.